The summed E-state index contributed by atoms with van der Waals surface area (Å²) >= 11 is 0. The van der Waals surface area contributed by atoms with Gasteiger partial charge in [-0.25, -0.2) is 4.98 Å². The van der Waals surface area contributed by atoms with Gasteiger partial charge < -0.3 is 14.8 Å². The lowest BCUT2D eigenvalue weighted by Crippen LogP contribution is -2.24. The Morgan fingerprint density at radius 3 is 2.64 bits per heavy atom. The largest absolute Gasteiger partial charge is 0.497 e. The molecule has 2 rings (SSSR count). The van der Waals surface area contributed by atoms with Crippen LogP contribution in [0.25, 0.3) is 0 Å². The van der Waals surface area contributed by atoms with Crippen LogP contribution in [-0.2, 0) is 0 Å². The molecule has 0 atom stereocenters. The Kier molecular flexibility index (Phi) is 6.39. The number of hydrogen-bond donors (Lipinski definition) is 1. The van der Waals surface area contributed by atoms with Gasteiger partial charge in [0.2, 0.25) is 5.88 Å². The molecule has 2 aromatic rings. The molecule has 1 aromatic heterocycles. The van der Waals surface area contributed by atoms with Crippen molar-refractivity contribution in [1.29, 1.82) is 0 Å². The molecule has 0 bridgehead atoms. The van der Waals surface area contributed by atoms with E-state index in [9.17, 15) is 4.79 Å². The highest BCUT2D eigenvalue weighted by Crippen LogP contribution is 2.12. The molecule has 0 unspecified atom stereocenters. The third-order valence-corrected chi connectivity index (χ3v) is 3.11. The van der Waals surface area contributed by atoms with Crippen LogP contribution in [0.1, 0.15) is 16.8 Å². The van der Waals surface area contributed by atoms with Crippen LogP contribution in [0.4, 0.5) is 0 Å². The molecule has 1 heterocycles. The first-order chi connectivity index (χ1) is 10.8. The first kappa shape index (κ1) is 16.0. The fraction of sp³-hybridized carbons (Fsp3) is 0.294. The molecule has 0 aliphatic rings. The minimum absolute atomic E-state index is 0.112. The first-order valence-electron chi connectivity index (χ1n) is 7.21. The zero-order valence-corrected chi connectivity index (χ0v) is 12.6. The van der Waals surface area contributed by atoms with Gasteiger partial charge in [0.1, 0.15) is 12.4 Å². The molecule has 0 aliphatic carbocycles. The second-order valence-electron chi connectivity index (χ2n) is 4.67. The van der Waals surface area contributed by atoms with Crippen molar-refractivity contribution in [2.75, 3.05) is 26.8 Å². The highest BCUT2D eigenvalue weighted by atomic mass is 16.5. The Hall–Kier alpha value is -2.40. The molecule has 5 heteroatoms. The van der Waals surface area contributed by atoms with Gasteiger partial charge in [0.05, 0.1) is 7.11 Å². The number of benzene rings is 1. The smallest absolute Gasteiger partial charge is 0.213 e. The number of carbonyl (C=O) groups excluding carboxylic acids is 1. The minimum Gasteiger partial charge on any atom is -0.497 e. The zero-order chi connectivity index (χ0) is 15.6. The summed E-state index contributed by atoms with van der Waals surface area (Å²) < 4.78 is 10.5. The van der Waals surface area contributed by atoms with E-state index in [1.54, 1.807) is 37.6 Å². The van der Waals surface area contributed by atoms with Gasteiger partial charge >= 0.3 is 0 Å². The summed E-state index contributed by atoms with van der Waals surface area (Å²) in [4.78, 5) is 16.0. The van der Waals surface area contributed by atoms with E-state index in [1.165, 1.54) is 0 Å². The fourth-order valence-corrected chi connectivity index (χ4v) is 1.91. The van der Waals surface area contributed by atoms with E-state index in [0.29, 0.717) is 37.6 Å². The van der Waals surface area contributed by atoms with Crippen molar-refractivity contribution in [2.24, 2.45) is 0 Å². The van der Waals surface area contributed by atoms with E-state index >= 15 is 0 Å². The average molecular weight is 300 g/mol. The number of carbonyl (C=O) groups is 1. The lowest BCUT2D eigenvalue weighted by atomic mass is 10.1. The number of pyridine rings is 1. The number of hydrogen-bond acceptors (Lipinski definition) is 5. The summed E-state index contributed by atoms with van der Waals surface area (Å²) in [5, 5.41) is 3.18. The van der Waals surface area contributed by atoms with E-state index in [4.69, 9.17) is 9.47 Å². The second-order valence-corrected chi connectivity index (χ2v) is 4.67. The Morgan fingerprint density at radius 2 is 1.95 bits per heavy atom. The van der Waals surface area contributed by atoms with Crippen molar-refractivity contribution in [1.82, 2.24) is 10.3 Å². The van der Waals surface area contributed by atoms with Gasteiger partial charge in [0.15, 0.2) is 5.78 Å². The van der Waals surface area contributed by atoms with Gasteiger partial charge in [0, 0.05) is 37.3 Å². The van der Waals surface area contributed by atoms with Crippen LogP contribution in [0.15, 0.2) is 48.7 Å². The van der Waals surface area contributed by atoms with Crippen LogP contribution in [0, 0.1) is 0 Å². The van der Waals surface area contributed by atoms with E-state index in [-0.39, 0.29) is 5.78 Å². The molecule has 5 nitrogen and oxygen atoms in total. The predicted octanol–water partition coefficient (Wildman–Crippen LogP) is 2.33. The van der Waals surface area contributed by atoms with Gasteiger partial charge in [-0.15, -0.1) is 0 Å². The quantitative estimate of drug-likeness (QED) is 0.569. The Labute approximate surface area is 130 Å². The van der Waals surface area contributed by atoms with Crippen molar-refractivity contribution in [3.63, 3.8) is 0 Å². The lowest BCUT2D eigenvalue weighted by Gasteiger charge is -2.07. The van der Waals surface area contributed by atoms with E-state index in [2.05, 4.69) is 10.3 Å². The fourth-order valence-electron chi connectivity index (χ4n) is 1.91. The van der Waals surface area contributed by atoms with Gasteiger partial charge in [-0.05, 0) is 30.3 Å². The maximum atomic E-state index is 12.0. The number of Topliss-reactive ketones (excluding diaryl/α,β-unsaturated/α-hetero) is 1. The molecule has 0 radical (unpaired) electrons. The van der Waals surface area contributed by atoms with Crippen LogP contribution >= 0.6 is 0 Å². The van der Waals surface area contributed by atoms with Crippen LogP contribution < -0.4 is 14.8 Å². The summed E-state index contributed by atoms with van der Waals surface area (Å²) in [5.74, 6) is 1.47. The summed E-state index contributed by atoms with van der Waals surface area (Å²) in [6.07, 6.45) is 2.15. The van der Waals surface area contributed by atoms with Crippen molar-refractivity contribution < 1.29 is 14.3 Å². The molecule has 0 spiro atoms. The summed E-state index contributed by atoms with van der Waals surface area (Å²) in [6, 6.07) is 12.7. The van der Waals surface area contributed by atoms with Crippen molar-refractivity contribution >= 4 is 5.78 Å². The van der Waals surface area contributed by atoms with Crippen LogP contribution in [0.2, 0.25) is 0 Å². The Bertz CT molecular complexity index is 570. The van der Waals surface area contributed by atoms with Crippen molar-refractivity contribution in [3.8, 4) is 11.6 Å². The number of ether oxygens (including phenoxy) is 2. The highest BCUT2D eigenvalue weighted by Gasteiger charge is 2.05. The molecular formula is C17H20N2O3. The third-order valence-electron chi connectivity index (χ3n) is 3.11. The van der Waals surface area contributed by atoms with Gasteiger partial charge in [0.25, 0.3) is 0 Å². The molecule has 116 valence electrons. The monoisotopic (exact) mass is 300 g/mol. The van der Waals surface area contributed by atoms with Crippen LogP contribution in [0.5, 0.6) is 11.6 Å². The van der Waals surface area contributed by atoms with Gasteiger partial charge in [-0.1, -0.05) is 6.07 Å². The molecule has 0 aliphatic heterocycles. The molecule has 0 saturated heterocycles. The van der Waals surface area contributed by atoms with E-state index < -0.39 is 0 Å². The summed E-state index contributed by atoms with van der Waals surface area (Å²) in [7, 11) is 1.60. The first-order valence-corrected chi connectivity index (χ1v) is 7.21. The molecular weight excluding hydrogens is 280 g/mol. The second kappa shape index (κ2) is 8.79. The molecule has 0 amide bonds. The van der Waals surface area contributed by atoms with E-state index in [1.807, 2.05) is 18.2 Å². The van der Waals surface area contributed by atoms with E-state index in [0.717, 1.165) is 5.75 Å². The standard InChI is InChI=1S/C17H20N2O3/c1-21-15-7-5-14(6-8-15)16(20)9-11-18-12-13-22-17-4-2-3-10-19-17/h2-8,10,18H,9,11-13H2,1H3. The average Bonchev–Trinajstić information content (AvgIpc) is 2.58. The Balaban J connectivity index is 1.60. The van der Waals surface area contributed by atoms with Crippen LogP contribution in [0.3, 0.4) is 0 Å². The lowest BCUT2D eigenvalue weighted by molar-refractivity contribution is 0.0982. The number of nitrogens with zero attached hydrogens (tertiary/aromatic N) is 1. The number of methoxy groups -OCH3 is 1. The number of rotatable bonds is 9. The summed E-state index contributed by atoms with van der Waals surface area (Å²) in [5.41, 5.74) is 0.701. The maximum absolute atomic E-state index is 12.0. The third kappa shape index (κ3) is 5.18. The SMILES string of the molecule is COc1ccc(C(=O)CCNCCOc2ccccn2)cc1. The molecule has 0 fully saturated rings. The summed E-state index contributed by atoms with van der Waals surface area (Å²) in [6.45, 7) is 1.82. The number of nitrogens with one attached hydrogen (secondary N) is 1. The zero-order valence-electron chi connectivity index (χ0n) is 12.6. The van der Waals surface area contributed by atoms with Crippen molar-refractivity contribution in [2.45, 2.75) is 6.42 Å². The van der Waals surface area contributed by atoms with Crippen molar-refractivity contribution in [3.05, 3.63) is 54.2 Å². The van der Waals surface area contributed by atoms with Gasteiger partial charge in [-0.2, -0.15) is 0 Å². The molecule has 0 saturated carbocycles. The molecule has 22 heavy (non-hydrogen) atoms. The minimum atomic E-state index is 0.112. The topological polar surface area (TPSA) is 60.5 Å². The number of aromatic nitrogens is 1. The highest BCUT2D eigenvalue weighted by molar-refractivity contribution is 5.96. The normalized spacial score (nSPS) is 10.2. The number of ketones is 1. The van der Waals surface area contributed by atoms with Gasteiger partial charge in [-0.3, -0.25) is 4.79 Å². The Morgan fingerprint density at radius 1 is 1.14 bits per heavy atom. The predicted molar refractivity (Wildman–Crippen MR) is 84.5 cm³/mol. The molecule has 1 aromatic carbocycles. The van der Waals surface area contributed by atoms with Crippen LogP contribution in [-0.4, -0.2) is 37.6 Å². The maximum Gasteiger partial charge on any atom is 0.213 e. The molecule has 1 N–H and O–H groups in total.